The van der Waals surface area contributed by atoms with Crippen molar-refractivity contribution in [3.05, 3.63) is 98.1 Å². The van der Waals surface area contributed by atoms with Crippen LogP contribution in [0, 0.1) is 0 Å². The molecule has 0 aliphatic carbocycles. The van der Waals surface area contributed by atoms with E-state index in [9.17, 15) is 14.4 Å². The molecule has 0 spiro atoms. The Morgan fingerprint density at radius 2 is 1.42 bits per heavy atom. The molecule has 2 unspecified atom stereocenters. The summed E-state index contributed by atoms with van der Waals surface area (Å²) in [6.07, 6.45) is 7.92. The lowest BCUT2D eigenvalue weighted by atomic mass is 9.97. The Labute approximate surface area is 290 Å². The molecule has 2 amide bonds. The number of aromatic nitrogens is 3. The van der Waals surface area contributed by atoms with Gasteiger partial charge in [-0.25, -0.2) is 9.97 Å². The minimum atomic E-state index is -0.151. The number of fused-ring (bicyclic) bond motifs is 1. The second-order valence-electron chi connectivity index (χ2n) is 12.1. The van der Waals surface area contributed by atoms with Crippen LogP contribution in [0.2, 0.25) is 10.0 Å². The van der Waals surface area contributed by atoms with Gasteiger partial charge < -0.3 is 21.3 Å². The van der Waals surface area contributed by atoms with Gasteiger partial charge in [-0.3, -0.25) is 18.8 Å². The molecule has 48 heavy (non-hydrogen) atoms. The number of hydrogen-bond donors (Lipinski definition) is 4. The van der Waals surface area contributed by atoms with Crippen molar-refractivity contribution in [3.63, 3.8) is 0 Å². The number of thiazole rings is 1. The van der Waals surface area contributed by atoms with Gasteiger partial charge in [0.1, 0.15) is 10.7 Å². The maximum absolute atomic E-state index is 13.2. The van der Waals surface area contributed by atoms with E-state index in [1.54, 1.807) is 23.7 Å². The smallest absolute Gasteiger partial charge is 0.262 e. The Morgan fingerprint density at radius 1 is 0.792 bits per heavy atom. The Hall–Kier alpha value is -4.13. The quantitative estimate of drug-likeness (QED) is 0.149. The van der Waals surface area contributed by atoms with Gasteiger partial charge in [-0.15, -0.1) is 11.3 Å². The van der Waals surface area contributed by atoms with Gasteiger partial charge in [0.25, 0.3) is 5.56 Å². The molecule has 5 aromatic rings. The van der Waals surface area contributed by atoms with Gasteiger partial charge in [-0.1, -0.05) is 59.6 Å². The molecule has 2 saturated heterocycles. The van der Waals surface area contributed by atoms with Crippen LogP contribution in [0.25, 0.3) is 38.3 Å². The number of hydrogen-bond acceptors (Lipinski definition) is 8. The predicted octanol–water partition coefficient (Wildman–Crippen LogP) is 5.20. The average molecular weight is 703 g/mol. The predicted molar refractivity (Wildman–Crippen MR) is 189 cm³/mol. The zero-order valence-electron chi connectivity index (χ0n) is 25.9. The molecule has 2 fully saturated rings. The topological polar surface area (TPSA) is 130 Å². The highest BCUT2D eigenvalue weighted by atomic mass is 35.5. The number of halogens is 2. The van der Waals surface area contributed by atoms with Crippen molar-refractivity contribution < 1.29 is 9.59 Å². The first-order valence-electron chi connectivity index (χ1n) is 15.9. The standard InChI is InChI=1S/C35H33Cl2N7O3S/c36-33-24(20-11-12-44-29(13-20)40-15-21(35(44)47)14-38-16-22-7-9-30(45)42-22)3-1-4-25(33)26-5-2-6-27(34(26)37)28-18-41-32(48-28)19-39-17-23-8-10-31(46)43-23/h1-6,11-13,15,18,22-23,38-39H,7-10,14,16-17,19H2,(H,42,45)(H,43,46). The molecule has 2 atom stereocenters. The van der Waals surface area contributed by atoms with Gasteiger partial charge in [0.2, 0.25) is 11.8 Å². The summed E-state index contributed by atoms with van der Waals surface area (Å²) in [5, 5.41) is 14.6. The van der Waals surface area contributed by atoms with Crippen LogP contribution in [-0.4, -0.2) is 51.4 Å². The maximum atomic E-state index is 13.2. The van der Waals surface area contributed by atoms with Crippen molar-refractivity contribution in [1.82, 2.24) is 35.6 Å². The van der Waals surface area contributed by atoms with Gasteiger partial charge in [0.15, 0.2) is 0 Å². The van der Waals surface area contributed by atoms with Gasteiger partial charge in [-0.05, 0) is 30.5 Å². The van der Waals surface area contributed by atoms with Crippen LogP contribution in [0.5, 0.6) is 0 Å². The summed E-state index contributed by atoms with van der Waals surface area (Å²) in [5.74, 6) is 0.173. The second kappa shape index (κ2) is 14.2. The lowest BCUT2D eigenvalue weighted by Gasteiger charge is -2.14. The fourth-order valence-corrected chi connectivity index (χ4v) is 7.85. The maximum Gasteiger partial charge on any atom is 0.262 e. The number of amides is 2. The molecule has 7 rings (SSSR count). The van der Waals surface area contributed by atoms with Gasteiger partial charge >= 0.3 is 0 Å². The van der Waals surface area contributed by atoms with Crippen LogP contribution in [-0.2, 0) is 22.7 Å². The highest BCUT2D eigenvalue weighted by Gasteiger charge is 2.22. The lowest BCUT2D eigenvalue weighted by molar-refractivity contribution is -0.120. The van der Waals surface area contributed by atoms with Crippen LogP contribution in [0.3, 0.4) is 0 Å². The first-order chi connectivity index (χ1) is 23.3. The Kier molecular flexibility index (Phi) is 9.56. The summed E-state index contributed by atoms with van der Waals surface area (Å²) in [6, 6.07) is 15.7. The van der Waals surface area contributed by atoms with Crippen molar-refractivity contribution in [1.29, 1.82) is 0 Å². The van der Waals surface area contributed by atoms with E-state index in [2.05, 4.69) is 31.2 Å². The van der Waals surface area contributed by atoms with Crippen molar-refractivity contribution in [2.45, 2.75) is 50.9 Å². The fraction of sp³-hybridized carbons (Fsp3) is 0.286. The Balaban J connectivity index is 1.08. The number of pyridine rings is 1. The number of benzene rings is 2. The molecule has 3 aromatic heterocycles. The third kappa shape index (κ3) is 6.87. The van der Waals surface area contributed by atoms with Crippen molar-refractivity contribution in [2.24, 2.45) is 0 Å². The number of carbonyl (C=O) groups is 2. The zero-order valence-corrected chi connectivity index (χ0v) is 28.2. The van der Waals surface area contributed by atoms with Gasteiger partial charge in [0, 0.05) is 97.5 Å². The summed E-state index contributed by atoms with van der Waals surface area (Å²) in [4.78, 5) is 46.2. The molecule has 5 heterocycles. The second-order valence-corrected chi connectivity index (χ2v) is 13.9. The third-order valence-corrected chi connectivity index (χ3v) is 10.6. The third-order valence-electron chi connectivity index (χ3n) is 8.74. The minimum Gasteiger partial charge on any atom is -0.352 e. The molecule has 2 aromatic carbocycles. The molecule has 2 aliphatic rings. The highest BCUT2D eigenvalue weighted by molar-refractivity contribution is 7.15. The van der Waals surface area contributed by atoms with E-state index in [0.29, 0.717) is 60.3 Å². The van der Waals surface area contributed by atoms with Crippen molar-refractivity contribution in [3.8, 4) is 32.7 Å². The Morgan fingerprint density at radius 3 is 2.08 bits per heavy atom. The molecule has 0 radical (unpaired) electrons. The van der Waals surface area contributed by atoms with E-state index in [-0.39, 0.29) is 29.5 Å². The SMILES string of the molecule is O=C1CCC(CNCc2ncc(-c3cccc(-c4cccc(-c5ccn6c(=O)c(CNCC7CCC(=O)N7)cnc6c5)c4Cl)c3Cl)s2)N1. The number of nitrogens with one attached hydrogen (secondary N) is 4. The number of rotatable bonds is 11. The van der Waals surface area contributed by atoms with E-state index in [0.717, 1.165) is 50.5 Å². The van der Waals surface area contributed by atoms with Crippen LogP contribution in [0.1, 0.15) is 36.3 Å². The monoisotopic (exact) mass is 701 g/mol. The molecule has 0 bridgehead atoms. The van der Waals surface area contributed by atoms with Crippen LogP contribution in [0.15, 0.2) is 71.9 Å². The number of nitrogens with zero attached hydrogens (tertiary/aromatic N) is 3. The molecule has 13 heteroatoms. The number of carbonyl (C=O) groups excluding carboxylic acids is 2. The van der Waals surface area contributed by atoms with Crippen LogP contribution >= 0.6 is 34.5 Å². The van der Waals surface area contributed by atoms with Crippen LogP contribution < -0.4 is 26.8 Å². The average Bonchev–Trinajstić information content (AvgIpc) is 3.84. The van der Waals surface area contributed by atoms with E-state index < -0.39 is 0 Å². The summed E-state index contributed by atoms with van der Waals surface area (Å²) in [5.41, 5.74) is 4.97. The van der Waals surface area contributed by atoms with E-state index in [1.807, 2.05) is 54.7 Å². The largest absolute Gasteiger partial charge is 0.352 e. The molecule has 10 nitrogen and oxygen atoms in total. The summed E-state index contributed by atoms with van der Waals surface area (Å²) in [6.45, 7) is 2.27. The lowest BCUT2D eigenvalue weighted by Crippen LogP contribution is -2.36. The van der Waals surface area contributed by atoms with E-state index >= 15 is 0 Å². The first-order valence-corrected chi connectivity index (χ1v) is 17.4. The Bertz CT molecular complexity index is 2080. The molecule has 4 N–H and O–H groups in total. The van der Waals surface area contributed by atoms with Crippen molar-refractivity contribution in [2.75, 3.05) is 13.1 Å². The van der Waals surface area contributed by atoms with Gasteiger partial charge in [-0.2, -0.15) is 0 Å². The summed E-state index contributed by atoms with van der Waals surface area (Å²) in [7, 11) is 0. The van der Waals surface area contributed by atoms with Gasteiger partial charge in [0.05, 0.1) is 14.9 Å². The minimum absolute atomic E-state index is 0.0652. The zero-order chi connectivity index (χ0) is 33.2. The van der Waals surface area contributed by atoms with Crippen molar-refractivity contribution >= 4 is 52.0 Å². The van der Waals surface area contributed by atoms with Crippen LogP contribution in [0.4, 0.5) is 0 Å². The molecular weight excluding hydrogens is 669 g/mol. The molecular formula is C35H33Cl2N7O3S. The molecule has 0 saturated carbocycles. The van der Waals surface area contributed by atoms with E-state index in [4.69, 9.17) is 23.2 Å². The summed E-state index contributed by atoms with van der Waals surface area (Å²) < 4.78 is 1.53. The normalized spacial score (nSPS) is 17.6. The fourth-order valence-electron chi connectivity index (χ4n) is 6.21. The molecule has 2 aliphatic heterocycles. The molecule has 246 valence electrons. The van der Waals surface area contributed by atoms with E-state index in [1.165, 1.54) is 4.40 Å². The first kappa shape index (κ1) is 32.4. The summed E-state index contributed by atoms with van der Waals surface area (Å²) >= 11 is 15.7. The highest BCUT2D eigenvalue weighted by Crippen LogP contribution is 2.43.